The van der Waals surface area contributed by atoms with Gasteiger partial charge in [-0.25, -0.2) is 0 Å². The van der Waals surface area contributed by atoms with Crippen LogP contribution in [0.5, 0.6) is 0 Å². The van der Waals surface area contributed by atoms with Crippen molar-refractivity contribution in [1.29, 1.82) is 0 Å². The highest BCUT2D eigenvalue weighted by Gasteiger charge is 2.14. The van der Waals surface area contributed by atoms with Gasteiger partial charge in [-0.1, -0.05) is 43.5 Å². The molecule has 0 aliphatic carbocycles. The van der Waals surface area contributed by atoms with E-state index in [1.165, 1.54) is 7.11 Å². The number of methoxy groups -OCH3 is 1. The van der Waals surface area contributed by atoms with Gasteiger partial charge in [0, 0.05) is 11.0 Å². The molecule has 0 saturated carbocycles. The fraction of sp³-hybridized carbons (Fsp3) is 0.300. The molecule has 0 fully saturated rings. The second kappa shape index (κ2) is 6.47. The van der Waals surface area contributed by atoms with Crippen LogP contribution in [0.25, 0.3) is 0 Å². The zero-order valence-corrected chi connectivity index (χ0v) is 12.4. The molecule has 1 N–H and O–H groups in total. The maximum absolute atomic E-state index is 11.1. The van der Waals surface area contributed by atoms with Crippen LogP contribution in [0.2, 0.25) is 5.02 Å². The summed E-state index contributed by atoms with van der Waals surface area (Å²) >= 11 is 12.5. The predicted molar refractivity (Wildman–Crippen MR) is 72.4 cm³/mol. The van der Waals surface area contributed by atoms with Crippen molar-refractivity contribution in [3.8, 4) is 0 Å². The summed E-state index contributed by atoms with van der Waals surface area (Å²) in [6, 6.07) is 5.49. The van der Waals surface area contributed by atoms with Crippen molar-refractivity contribution < 1.29 is 9.53 Å². The first kappa shape index (κ1) is 13.8. The van der Waals surface area contributed by atoms with Gasteiger partial charge in [0.25, 0.3) is 0 Å². The highest BCUT2D eigenvalue weighted by Crippen LogP contribution is 2.25. The van der Waals surface area contributed by atoms with E-state index in [4.69, 9.17) is 11.6 Å². The Morgan fingerprint density at radius 2 is 2.31 bits per heavy atom. The van der Waals surface area contributed by atoms with E-state index in [-0.39, 0.29) is 5.97 Å². The van der Waals surface area contributed by atoms with E-state index in [0.29, 0.717) is 11.6 Å². The molecule has 0 heterocycles. The summed E-state index contributed by atoms with van der Waals surface area (Å²) in [6.45, 7) is 0.411. The summed E-state index contributed by atoms with van der Waals surface area (Å²) in [5.41, 5.74) is 0.776. The monoisotopic (exact) mass is 369 g/mol. The third-order valence-corrected chi connectivity index (χ3v) is 3.36. The molecule has 0 amide bonds. The molecule has 1 atom stereocenters. The number of hydrogen-bond donors (Lipinski definition) is 1. The highest BCUT2D eigenvalue weighted by atomic mass is 79.9. The number of carbonyl (C=O) groups excluding carboxylic acids is 1. The van der Waals surface area contributed by atoms with Crippen LogP contribution in [0.1, 0.15) is 0 Å². The van der Waals surface area contributed by atoms with Crippen LogP contribution in [0.15, 0.2) is 22.7 Å². The average Bonchev–Trinajstić information content (AvgIpc) is 2.26. The molecule has 0 saturated heterocycles. The third kappa shape index (κ3) is 3.96. The zero-order valence-electron chi connectivity index (χ0n) is 8.47. The van der Waals surface area contributed by atoms with Gasteiger partial charge in [-0.05, 0) is 18.2 Å². The van der Waals surface area contributed by atoms with Crippen molar-refractivity contribution in [1.82, 2.24) is 0 Å². The van der Waals surface area contributed by atoms with Gasteiger partial charge in [0.15, 0.2) is 0 Å². The summed E-state index contributed by atoms with van der Waals surface area (Å²) in [7, 11) is 1.35. The molecule has 88 valence electrons. The highest BCUT2D eigenvalue weighted by molar-refractivity contribution is 9.10. The lowest BCUT2D eigenvalue weighted by molar-refractivity contribution is -0.139. The number of benzene rings is 1. The summed E-state index contributed by atoms with van der Waals surface area (Å²) in [4.78, 5) is 10.7. The van der Waals surface area contributed by atoms with Crippen molar-refractivity contribution in [2.24, 2.45) is 0 Å². The minimum atomic E-state index is -0.391. The van der Waals surface area contributed by atoms with Gasteiger partial charge in [-0.3, -0.25) is 4.79 Å². The lowest BCUT2D eigenvalue weighted by Gasteiger charge is -2.11. The fourth-order valence-electron chi connectivity index (χ4n) is 1.04. The second-order valence-corrected chi connectivity index (χ2v) is 5.42. The molecule has 0 spiro atoms. The largest absolute Gasteiger partial charge is 0.468 e. The first-order chi connectivity index (χ1) is 7.54. The number of ether oxygens (including phenoxy) is 1. The Hall–Kier alpha value is -0.260. The third-order valence-electron chi connectivity index (χ3n) is 1.86. The Bertz CT molecular complexity index is 387. The van der Waals surface area contributed by atoms with Gasteiger partial charge in [-0.2, -0.15) is 0 Å². The van der Waals surface area contributed by atoms with Gasteiger partial charge >= 0.3 is 5.97 Å². The van der Waals surface area contributed by atoms with Crippen LogP contribution < -0.4 is 5.32 Å². The van der Waals surface area contributed by atoms with Crippen LogP contribution in [-0.2, 0) is 9.53 Å². The predicted octanol–water partition coefficient (Wildman–Crippen LogP) is 3.45. The minimum absolute atomic E-state index is 0.319. The van der Waals surface area contributed by atoms with Crippen molar-refractivity contribution in [2.45, 2.75) is 4.83 Å². The van der Waals surface area contributed by atoms with E-state index in [9.17, 15) is 4.79 Å². The van der Waals surface area contributed by atoms with Crippen LogP contribution in [0.3, 0.4) is 0 Å². The summed E-state index contributed by atoms with van der Waals surface area (Å²) in [5.74, 6) is -0.319. The number of carbonyl (C=O) groups is 1. The lowest BCUT2D eigenvalue weighted by Crippen LogP contribution is -2.24. The number of rotatable bonds is 4. The molecule has 0 bridgehead atoms. The van der Waals surface area contributed by atoms with E-state index in [1.54, 1.807) is 6.07 Å². The summed E-state index contributed by atoms with van der Waals surface area (Å²) in [6.07, 6.45) is 0. The average molecular weight is 371 g/mol. The van der Waals surface area contributed by atoms with Crippen LogP contribution in [-0.4, -0.2) is 24.5 Å². The van der Waals surface area contributed by atoms with Crippen molar-refractivity contribution >= 4 is 55.1 Å². The number of nitrogens with one attached hydrogen (secondary N) is 1. The Labute approximate surface area is 116 Å². The summed E-state index contributed by atoms with van der Waals surface area (Å²) in [5, 5.41) is 3.65. The van der Waals surface area contributed by atoms with Crippen LogP contribution >= 0.6 is 43.5 Å². The number of alkyl halides is 1. The maximum Gasteiger partial charge on any atom is 0.321 e. The maximum atomic E-state index is 11.1. The van der Waals surface area contributed by atoms with Crippen molar-refractivity contribution in [3.05, 3.63) is 27.7 Å². The topological polar surface area (TPSA) is 38.3 Å². The van der Waals surface area contributed by atoms with Crippen LogP contribution in [0, 0.1) is 0 Å². The van der Waals surface area contributed by atoms with Gasteiger partial charge in [0.1, 0.15) is 4.83 Å². The smallest absolute Gasteiger partial charge is 0.321 e. The minimum Gasteiger partial charge on any atom is -0.468 e. The van der Waals surface area contributed by atoms with E-state index in [1.807, 2.05) is 12.1 Å². The first-order valence-corrected chi connectivity index (χ1v) is 6.54. The molecule has 0 aliphatic rings. The Morgan fingerprint density at radius 1 is 1.62 bits per heavy atom. The number of halogens is 3. The zero-order chi connectivity index (χ0) is 12.1. The van der Waals surface area contributed by atoms with Gasteiger partial charge in [0.05, 0.1) is 17.8 Å². The number of hydrogen-bond acceptors (Lipinski definition) is 3. The molecule has 6 heteroatoms. The quantitative estimate of drug-likeness (QED) is 0.651. The first-order valence-electron chi connectivity index (χ1n) is 4.45. The lowest BCUT2D eigenvalue weighted by atomic mass is 10.3. The molecular weight excluding hydrogens is 361 g/mol. The molecule has 1 aromatic rings. The Morgan fingerprint density at radius 3 is 2.88 bits per heavy atom. The number of esters is 1. The molecule has 16 heavy (non-hydrogen) atoms. The molecule has 1 unspecified atom stereocenters. The molecule has 0 aromatic heterocycles. The molecule has 0 radical (unpaired) electrons. The van der Waals surface area contributed by atoms with Gasteiger partial charge in [-0.15, -0.1) is 0 Å². The Kier molecular flexibility index (Phi) is 5.58. The SMILES string of the molecule is COC(=O)C(Br)CNc1ccc(Br)cc1Cl. The molecule has 0 aliphatic heterocycles. The van der Waals surface area contributed by atoms with E-state index < -0.39 is 4.83 Å². The van der Waals surface area contributed by atoms with E-state index in [2.05, 4.69) is 41.9 Å². The van der Waals surface area contributed by atoms with Crippen LogP contribution in [0.4, 0.5) is 5.69 Å². The molecular formula is C10H10Br2ClNO2. The fourth-order valence-corrected chi connectivity index (χ4v) is 2.13. The standard InChI is InChI=1S/C10H10Br2ClNO2/c1-16-10(15)7(12)5-14-9-3-2-6(11)4-8(9)13/h2-4,7,14H,5H2,1H3. The molecule has 1 aromatic carbocycles. The normalized spacial score (nSPS) is 12.0. The van der Waals surface area contributed by atoms with Crippen molar-refractivity contribution in [3.63, 3.8) is 0 Å². The summed E-state index contributed by atoms with van der Waals surface area (Å²) < 4.78 is 5.49. The van der Waals surface area contributed by atoms with Gasteiger partial charge in [0.2, 0.25) is 0 Å². The van der Waals surface area contributed by atoms with Gasteiger partial charge < -0.3 is 10.1 Å². The van der Waals surface area contributed by atoms with Crippen molar-refractivity contribution in [2.75, 3.05) is 19.0 Å². The molecule has 3 nitrogen and oxygen atoms in total. The second-order valence-electron chi connectivity index (χ2n) is 3.00. The number of anilines is 1. The Balaban J connectivity index is 2.58. The van der Waals surface area contributed by atoms with E-state index >= 15 is 0 Å². The molecule has 1 rings (SSSR count). The van der Waals surface area contributed by atoms with E-state index in [0.717, 1.165) is 10.2 Å².